The van der Waals surface area contributed by atoms with Gasteiger partial charge in [-0.15, -0.1) is 0 Å². The molecule has 1 atom stereocenters. The van der Waals surface area contributed by atoms with Gasteiger partial charge in [0.05, 0.1) is 21.2 Å². The van der Waals surface area contributed by atoms with E-state index in [0.717, 1.165) is 22.2 Å². The van der Waals surface area contributed by atoms with Crippen LogP contribution in [0.1, 0.15) is 37.5 Å². The highest BCUT2D eigenvalue weighted by atomic mass is 79.9. The van der Waals surface area contributed by atoms with Gasteiger partial charge < -0.3 is 10.2 Å². The van der Waals surface area contributed by atoms with Crippen LogP contribution in [0.4, 0.5) is 18.9 Å². The Balaban J connectivity index is 2.13. The fraction of sp³-hybridized carbons (Fsp3) is 0.310. The molecule has 0 saturated carbocycles. The lowest BCUT2D eigenvalue weighted by molar-refractivity contribution is -0.139. The molecule has 0 aliphatic heterocycles. The summed E-state index contributed by atoms with van der Waals surface area (Å²) in [7, 11) is -4.55. The number of alkyl halides is 3. The van der Waals surface area contributed by atoms with E-state index in [2.05, 4.69) is 21.2 Å². The highest BCUT2D eigenvalue weighted by molar-refractivity contribution is 9.10. The fourth-order valence-electron chi connectivity index (χ4n) is 4.07. The summed E-state index contributed by atoms with van der Waals surface area (Å²) in [6.07, 6.45) is -4.88. The smallest absolute Gasteiger partial charge is 0.352 e. The summed E-state index contributed by atoms with van der Waals surface area (Å²) in [6.45, 7) is 5.78. The quantitative estimate of drug-likeness (QED) is 0.261. The second-order valence-corrected chi connectivity index (χ2v) is 13.2. The number of rotatable bonds is 10. The second-order valence-electron chi connectivity index (χ2n) is 9.98. The van der Waals surface area contributed by atoms with E-state index in [4.69, 9.17) is 11.6 Å². The minimum absolute atomic E-state index is 0.0716. The molecule has 0 fully saturated rings. The van der Waals surface area contributed by atoms with Gasteiger partial charge in [-0.3, -0.25) is 13.9 Å². The number of hydrogen-bond acceptors (Lipinski definition) is 4. The predicted molar refractivity (Wildman–Crippen MR) is 160 cm³/mol. The van der Waals surface area contributed by atoms with E-state index in [0.29, 0.717) is 15.9 Å². The second kappa shape index (κ2) is 13.5. The van der Waals surface area contributed by atoms with Crippen LogP contribution in [0.25, 0.3) is 0 Å². The Morgan fingerprint density at radius 3 is 2.21 bits per heavy atom. The number of benzene rings is 3. The van der Waals surface area contributed by atoms with E-state index in [1.807, 2.05) is 0 Å². The number of nitrogens with one attached hydrogen (secondary N) is 1. The molecule has 7 nitrogen and oxygen atoms in total. The minimum atomic E-state index is -4.88. The van der Waals surface area contributed by atoms with E-state index in [1.54, 1.807) is 45.0 Å². The molecule has 2 amide bonds. The molecule has 3 aromatic rings. The van der Waals surface area contributed by atoms with Crippen molar-refractivity contribution in [2.24, 2.45) is 0 Å². The first kappa shape index (κ1) is 33.4. The molecule has 13 heteroatoms. The molecule has 0 aliphatic carbocycles. The van der Waals surface area contributed by atoms with E-state index in [-0.39, 0.29) is 17.5 Å². The standard InChI is InChI=1S/C29H30BrClF3N3O4S/c1-18(2)35-28(39)20(4)36(16-21-6-5-7-22(30)14-21)27(38)17-37(42(40,41)24-11-8-19(3)9-12-24)23-10-13-26(31)25(15-23)29(32,33)34/h5-15,18,20H,16-17H2,1-4H3,(H,35,39)/t20-/m0/s1. The summed E-state index contributed by atoms with van der Waals surface area (Å²) in [6, 6.07) is 14.0. The van der Waals surface area contributed by atoms with Crippen molar-refractivity contribution in [1.82, 2.24) is 10.2 Å². The molecule has 0 aromatic heterocycles. The molecule has 0 bridgehead atoms. The molecule has 42 heavy (non-hydrogen) atoms. The lowest BCUT2D eigenvalue weighted by Gasteiger charge is -2.32. The van der Waals surface area contributed by atoms with Crippen molar-refractivity contribution in [3.8, 4) is 0 Å². The van der Waals surface area contributed by atoms with Gasteiger partial charge in [0.15, 0.2) is 0 Å². The van der Waals surface area contributed by atoms with Gasteiger partial charge in [0.2, 0.25) is 11.8 Å². The van der Waals surface area contributed by atoms with E-state index < -0.39 is 56.9 Å². The van der Waals surface area contributed by atoms with Crippen LogP contribution >= 0.6 is 27.5 Å². The normalized spacial score (nSPS) is 12.6. The lowest BCUT2D eigenvalue weighted by atomic mass is 10.1. The van der Waals surface area contributed by atoms with Crippen LogP contribution in [0.3, 0.4) is 0 Å². The van der Waals surface area contributed by atoms with Gasteiger partial charge in [0.25, 0.3) is 10.0 Å². The van der Waals surface area contributed by atoms with Crippen molar-refractivity contribution in [2.75, 3.05) is 10.8 Å². The zero-order valence-electron chi connectivity index (χ0n) is 23.2. The van der Waals surface area contributed by atoms with Gasteiger partial charge >= 0.3 is 6.18 Å². The lowest BCUT2D eigenvalue weighted by Crippen LogP contribution is -2.52. The molecule has 226 valence electrons. The highest BCUT2D eigenvalue weighted by Crippen LogP contribution is 2.38. The predicted octanol–water partition coefficient (Wildman–Crippen LogP) is 6.57. The van der Waals surface area contributed by atoms with Crippen LogP contribution in [0, 0.1) is 6.92 Å². The number of hydrogen-bond donors (Lipinski definition) is 1. The highest BCUT2D eigenvalue weighted by Gasteiger charge is 2.37. The van der Waals surface area contributed by atoms with E-state index in [1.165, 1.54) is 36.1 Å². The zero-order valence-corrected chi connectivity index (χ0v) is 26.4. The van der Waals surface area contributed by atoms with Gasteiger partial charge in [-0.1, -0.05) is 57.4 Å². The maximum absolute atomic E-state index is 13.9. The largest absolute Gasteiger partial charge is 0.417 e. The average Bonchev–Trinajstić information content (AvgIpc) is 2.89. The minimum Gasteiger partial charge on any atom is -0.352 e. The summed E-state index contributed by atoms with van der Waals surface area (Å²) in [5, 5.41) is 2.11. The van der Waals surface area contributed by atoms with Crippen molar-refractivity contribution in [2.45, 2.75) is 57.4 Å². The number of amides is 2. The Kier molecular flexibility index (Phi) is 10.7. The molecule has 3 rings (SSSR count). The Labute approximate surface area is 256 Å². The summed E-state index contributed by atoms with van der Waals surface area (Å²) in [5.41, 5.74) is -0.274. The monoisotopic (exact) mass is 687 g/mol. The maximum atomic E-state index is 13.9. The summed E-state index contributed by atoms with van der Waals surface area (Å²) < 4.78 is 70.3. The Hall–Kier alpha value is -3.09. The molecule has 0 heterocycles. The number of carbonyl (C=O) groups excluding carboxylic acids is 2. The Morgan fingerprint density at radius 1 is 1.00 bits per heavy atom. The molecular formula is C29H30BrClF3N3O4S. The first-order chi connectivity index (χ1) is 19.5. The van der Waals surface area contributed by atoms with Crippen LogP contribution in [0.15, 0.2) is 76.1 Å². The summed E-state index contributed by atoms with van der Waals surface area (Å²) >= 11 is 9.17. The first-order valence-electron chi connectivity index (χ1n) is 12.8. The van der Waals surface area contributed by atoms with Crippen molar-refractivity contribution in [3.05, 3.63) is 92.9 Å². The number of carbonyl (C=O) groups is 2. The van der Waals surface area contributed by atoms with Crippen molar-refractivity contribution in [3.63, 3.8) is 0 Å². The topological polar surface area (TPSA) is 86.8 Å². The van der Waals surface area contributed by atoms with Crippen LogP contribution < -0.4 is 9.62 Å². The van der Waals surface area contributed by atoms with Crippen LogP contribution in [0.5, 0.6) is 0 Å². The molecule has 0 aliphatic rings. The van der Waals surface area contributed by atoms with E-state index >= 15 is 0 Å². The van der Waals surface area contributed by atoms with Gasteiger partial charge in [-0.2, -0.15) is 13.2 Å². The van der Waals surface area contributed by atoms with Gasteiger partial charge in [0, 0.05) is 17.1 Å². The van der Waals surface area contributed by atoms with Crippen molar-refractivity contribution >= 4 is 55.1 Å². The Bertz CT molecular complexity index is 1550. The number of nitrogens with zero attached hydrogens (tertiary/aromatic N) is 2. The third-order valence-corrected chi connectivity index (χ3v) is 8.88. The third-order valence-electron chi connectivity index (χ3n) is 6.27. The number of anilines is 1. The number of sulfonamides is 1. The molecule has 3 aromatic carbocycles. The van der Waals surface area contributed by atoms with Crippen LogP contribution in [0.2, 0.25) is 5.02 Å². The number of aryl methyl sites for hydroxylation is 1. The molecule has 0 radical (unpaired) electrons. The zero-order chi connectivity index (χ0) is 31.4. The SMILES string of the molecule is Cc1ccc(S(=O)(=O)N(CC(=O)N(Cc2cccc(Br)c2)[C@@H](C)C(=O)NC(C)C)c2ccc(Cl)c(C(F)(F)F)c2)cc1. The molecule has 0 saturated heterocycles. The van der Waals surface area contributed by atoms with Crippen molar-refractivity contribution < 1.29 is 31.2 Å². The van der Waals surface area contributed by atoms with E-state index in [9.17, 15) is 31.2 Å². The van der Waals surface area contributed by atoms with Crippen LogP contribution in [-0.2, 0) is 32.3 Å². The molecular weight excluding hydrogens is 659 g/mol. The van der Waals surface area contributed by atoms with Gasteiger partial charge in [0.1, 0.15) is 12.6 Å². The maximum Gasteiger partial charge on any atom is 0.417 e. The summed E-state index contributed by atoms with van der Waals surface area (Å²) in [4.78, 5) is 27.8. The molecule has 0 unspecified atom stereocenters. The van der Waals surface area contributed by atoms with Crippen molar-refractivity contribution in [1.29, 1.82) is 0 Å². The molecule has 0 spiro atoms. The summed E-state index contributed by atoms with van der Waals surface area (Å²) in [5.74, 6) is -1.28. The average molecular weight is 689 g/mol. The van der Waals surface area contributed by atoms with Crippen LogP contribution in [-0.4, -0.2) is 43.8 Å². The fourth-order valence-corrected chi connectivity index (χ4v) is 6.15. The van der Waals surface area contributed by atoms with Gasteiger partial charge in [-0.25, -0.2) is 8.42 Å². The Morgan fingerprint density at radius 2 is 1.64 bits per heavy atom. The first-order valence-corrected chi connectivity index (χ1v) is 15.4. The van der Waals surface area contributed by atoms with Gasteiger partial charge in [-0.05, 0) is 75.7 Å². The number of halogens is 5. The molecule has 1 N–H and O–H groups in total. The third kappa shape index (κ3) is 8.26.